The van der Waals surface area contributed by atoms with Gasteiger partial charge in [-0.15, -0.1) is 0 Å². The Kier molecular flexibility index (Phi) is 3.22. The van der Waals surface area contributed by atoms with Crippen molar-refractivity contribution in [3.8, 4) is 5.75 Å². The lowest BCUT2D eigenvalue weighted by Crippen LogP contribution is -2.99. The number of hydrogen-bond acceptors (Lipinski definition) is 4. The van der Waals surface area contributed by atoms with Gasteiger partial charge in [0.25, 0.3) is 0 Å². The molecule has 0 bridgehead atoms. The fourth-order valence-corrected chi connectivity index (χ4v) is 1.19. The van der Waals surface area contributed by atoms with Gasteiger partial charge >= 0.3 is 7.82 Å². The Morgan fingerprint density at radius 2 is 1.79 bits per heavy atom. The molecule has 1 aromatic carbocycles. The lowest BCUT2D eigenvalue weighted by Gasteiger charge is -2.12. The average molecular weight is 221 g/mol. The molecule has 0 saturated carbocycles. The van der Waals surface area contributed by atoms with Gasteiger partial charge in [0.15, 0.2) is 5.69 Å². The lowest BCUT2D eigenvalue weighted by molar-refractivity contribution is -0.991. The van der Waals surface area contributed by atoms with Gasteiger partial charge in [-0.3, -0.25) is 9.79 Å². The standard InChI is InChI=1S/C6H8NO6P/c8-7(9)5-1-3-6(4-2-5)13-14(10,11)12/h1-4,7-8H,(H2,10,11,12). The van der Waals surface area contributed by atoms with Crippen LogP contribution in [0.2, 0.25) is 0 Å². The summed E-state index contributed by atoms with van der Waals surface area (Å²) in [6.07, 6.45) is 0. The molecule has 0 spiro atoms. The highest BCUT2D eigenvalue weighted by Crippen LogP contribution is 2.37. The molecule has 0 heterocycles. The third-order valence-corrected chi connectivity index (χ3v) is 1.77. The van der Waals surface area contributed by atoms with E-state index in [0.29, 0.717) is 0 Å². The molecule has 14 heavy (non-hydrogen) atoms. The Balaban J connectivity index is 2.79. The molecule has 4 N–H and O–H groups in total. The summed E-state index contributed by atoms with van der Waals surface area (Å²) in [7, 11) is -4.57. The highest BCUT2D eigenvalue weighted by molar-refractivity contribution is 7.46. The van der Waals surface area contributed by atoms with Crippen molar-refractivity contribution >= 4 is 13.5 Å². The first kappa shape index (κ1) is 11.1. The summed E-state index contributed by atoms with van der Waals surface area (Å²) in [4.78, 5) is 16.8. The van der Waals surface area contributed by atoms with Crippen LogP contribution < -0.4 is 9.75 Å². The van der Waals surface area contributed by atoms with Crippen LogP contribution in [-0.4, -0.2) is 15.0 Å². The zero-order valence-electron chi connectivity index (χ0n) is 6.82. The number of rotatable bonds is 3. The van der Waals surface area contributed by atoms with Crippen molar-refractivity contribution in [1.82, 2.24) is 0 Å². The molecule has 1 atom stereocenters. The van der Waals surface area contributed by atoms with Crippen LogP contribution in [0.15, 0.2) is 24.3 Å². The van der Waals surface area contributed by atoms with E-state index in [1.54, 1.807) is 0 Å². The van der Waals surface area contributed by atoms with E-state index in [0.717, 1.165) is 0 Å². The second-order valence-electron chi connectivity index (χ2n) is 2.41. The second-order valence-corrected chi connectivity index (χ2v) is 3.58. The maximum absolute atomic E-state index is 10.4. The third-order valence-electron chi connectivity index (χ3n) is 1.33. The van der Waals surface area contributed by atoms with E-state index in [1.807, 2.05) is 0 Å². The van der Waals surface area contributed by atoms with Crippen molar-refractivity contribution in [3.63, 3.8) is 0 Å². The highest BCUT2D eigenvalue weighted by atomic mass is 31.2. The van der Waals surface area contributed by atoms with Crippen LogP contribution in [0.1, 0.15) is 0 Å². The number of nitrogens with one attached hydrogen (secondary N) is 1. The predicted octanol–water partition coefficient (Wildman–Crippen LogP) is -0.439. The van der Waals surface area contributed by atoms with Gasteiger partial charge < -0.3 is 9.73 Å². The summed E-state index contributed by atoms with van der Waals surface area (Å²) in [6, 6.07) is 4.71. The zero-order chi connectivity index (χ0) is 10.8. The molecule has 7 nitrogen and oxygen atoms in total. The van der Waals surface area contributed by atoms with Crippen LogP contribution in [-0.2, 0) is 4.57 Å². The molecule has 0 saturated heterocycles. The normalized spacial score (nSPS) is 13.7. The Bertz CT molecular complexity index is 344. The van der Waals surface area contributed by atoms with E-state index in [4.69, 9.17) is 15.0 Å². The molecule has 0 fully saturated rings. The first-order valence-electron chi connectivity index (χ1n) is 3.47. The summed E-state index contributed by atoms with van der Waals surface area (Å²) < 4.78 is 14.6. The second kappa shape index (κ2) is 4.05. The average Bonchev–Trinajstić information content (AvgIpc) is 2.02. The topological polar surface area (TPSA) is 114 Å². The molecule has 0 radical (unpaired) electrons. The number of phosphoric ester groups is 1. The van der Waals surface area contributed by atoms with Crippen molar-refractivity contribution in [3.05, 3.63) is 29.5 Å². The summed E-state index contributed by atoms with van der Waals surface area (Å²) >= 11 is 0. The van der Waals surface area contributed by atoms with Crippen molar-refractivity contribution in [2.45, 2.75) is 0 Å². The van der Waals surface area contributed by atoms with Gasteiger partial charge in [0.2, 0.25) is 0 Å². The Hall–Kier alpha value is -0.950. The predicted molar refractivity (Wildman–Crippen MR) is 44.9 cm³/mol. The molecule has 1 unspecified atom stereocenters. The smallest absolute Gasteiger partial charge is 0.524 e. The molecule has 1 aromatic rings. The molecule has 78 valence electrons. The van der Waals surface area contributed by atoms with Gasteiger partial charge in [0.1, 0.15) is 5.75 Å². The minimum absolute atomic E-state index is 0.0167. The maximum Gasteiger partial charge on any atom is 0.524 e. The van der Waals surface area contributed by atoms with E-state index in [2.05, 4.69) is 4.52 Å². The van der Waals surface area contributed by atoms with E-state index in [1.165, 1.54) is 24.3 Å². The van der Waals surface area contributed by atoms with E-state index >= 15 is 0 Å². The maximum atomic E-state index is 10.4. The Morgan fingerprint density at radius 1 is 1.29 bits per heavy atom. The zero-order valence-corrected chi connectivity index (χ0v) is 7.72. The van der Waals surface area contributed by atoms with Crippen LogP contribution >= 0.6 is 7.82 Å². The van der Waals surface area contributed by atoms with Crippen LogP contribution in [0, 0.1) is 5.21 Å². The van der Waals surface area contributed by atoms with Crippen LogP contribution in [0.4, 0.5) is 5.69 Å². The minimum Gasteiger partial charge on any atom is -0.595 e. The van der Waals surface area contributed by atoms with Gasteiger partial charge in [-0.1, -0.05) is 0 Å². The molecular formula is C6H8NO6P. The molecule has 0 aliphatic heterocycles. The SMILES string of the molecule is O=P(O)(O)Oc1ccc([NH+]([O-])O)cc1. The van der Waals surface area contributed by atoms with Crippen LogP contribution in [0.25, 0.3) is 0 Å². The highest BCUT2D eigenvalue weighted by Gasteiger charge is 2.15. The quantitative estimate of drug-likeness (QED) is 0.406. The fraction of sp³-hybridized carbons (Fsp3) is 0. The summed E-state index contributed by atoms with van der Waals surface area (Å²) in [5.74, 6) is -0.0802. The van der Waals surface area contributed by atoms with Crippen LogP contribution in [0.3, 0.4) is 0 Å². The van der Waals surface area contributed by atoms with E-state index in [-0.39, 0.29) is 11.4 Å². The van der Waals surface area contributed by atoms with Crippen molar-refractivity contribution < 1.29 is 29.3 Å². The number of phosphoric acid groups is 1. The fourth-order valence-electron chi connectivity index (χ4n) is 0.796. The summed E-state index contributed by atoms with van der Waals surface area (Å²) in [5.41, 5.74) is 0.0167. The lowest BCUT2D eigenvalue weighted by atomic mass is 10.3. The first-order valence-corrected chi connectivity index (χ1v) is 5.00. The van der Waals surface area contributed by atoms with Crippen molar-refractivity contribution in [2.75, 3.05) is 0 Å². The molecular weight excluding hydrogens is 213 g/mol. The van der Waals surface area contributed by atoms with E-state index in [9.17, 15) is 9.77 Å². The molecule has 8 heteroatoms. The molecule has 0 amide bonds. The van der Waals surface area contributed by atoms with Crippen LogP contribution in [0.5, 0.6) is 5.75 Å². The molecule has 0 aliphatic carbocycles. The number of hydrogen-bond donors (Lipinski definition) is 4. The molecule has 0 aromatic heterocycles. The number of benzene rings is 1. The van der Waals surface area contributed by atoms with Gasteiger partial charge in [0.05, 0.1) is 0 Å². The van der Waals surface area contributed by atoms with Crippen molar-refractivity contribution in [1.29, 1.82) is 0 Å². The Labute approximate surface area is 78.9 Å². The van der Waals surface area contributed by atoms with E-state index < -0.39 is 13.0 Å². The van der Waals surface area contributed by atoms with Gasteiger partial charge in [0, 0.05) is 12.1 Å². The monoisotopic (exact) mass is 221 g/mol. The summed E-state index contributed by atoms with van der Waals surface area (Å²) in [5, 5.41) is 17.8. The molecule has 0 aliphatic rings. The third kappa shape index (κ3) is 3.43. The van der Waals surface area contributed by atoms with Gasteiger partial charge in [-0.05, 0) is 12.1 Å². The first-order chi connectivity index (χ1) is 6.38. The summed E-state index contributed by atoms with van der Waals surface area (Å²) in [6.45, 7) is 0. The van der Waals surface area contributed by atoms with Gasteiger partial charge in [-0.2, -0.15) is 5.23 Å². The van der Waals surface area contributed by atoms with Crippen molar-refractivity contribution in [2.24, 2.45) is 0 Å². The Morgan fingerprint density at radius 3 is 2.14 bits per heavy atom. The molecule has 1 rings (SSSR count). The minimum atomic E-state index is -4.57. The number of quaternary nitrogens is 1. The van der Waals surface area contributed by atoms with Gasteiger partial charge in [-0.25, -0.2) is 9.77 Å². The largest absolute Gasteiger partial charge is 0.595 e.